The average Bonchev–Trinajstić information content (AvgIpc) is 1.98. The molecule has 0 amide bonds. The lowest BCUT2D eigenvalue weighted by atomic mass is 9.94. The van der Waals surface area contributed by atoms with E-state index in [0.29, 0.717) is 0 Å². The van der Waals surface area contributed by atoms with Gasteiger partial charge >= 0.3 is 0 Å². The highest BCUT2D eigenvalue weighted by molar-refractivity contribution is 4.86. The maximum absolute atomic E-state index is 9.53. The molecule has 2 radical (unpaired) electrons. The first-order chi connectivity index (χ1) is 6.32. The van der Waals surface area contributed by atoms with Crippen LogP contribution in [0.4, 0.5) is 0 Å². The molecule has 0 spiro atoms. The Morgan fingerprint density at radius 3 is 2.50 bits per heavy atom. The molecule has 4 N–H and O–H groups in total. The second-order valence-electron chi connectivity index (χ2n) is 3.91. The van der Waals surface area contributed by atoms with Gasteiger partial charge in [-0.15, -0.1) is 0 Å². The number of ether oxygens (including phenoxy) is 1. The van der Waals surface area contributed by atoms with Crippen molar-refractivity contribution in [3.05, 3.63) is 6.92 Å². The van der Waals surface area contributed by atoms with Gasteiger partial charge in [0, 0.05) is 12.8 Å². The molecule has 0 saturated carbocycles. The minimum absolute atomic E-state index is 0.0802. The predicted octanol–water partition coefficient (Wildman–Crippen LogP) is -1.33. The van der Waals surface area contributed by atoms with E-state index < -0.39 is 30.2 Å². The van der Waals surface area contributed by atoms with Crippen LogP contribution in [0.1, 0.15) is 19.8 Å². The van der Waals surface area contributed by atoms with Crippen LogP contribution >= 0.6 is 0 Å². The van der Waals surface area contributed by atoms with Gasteiger partial charge in [-0.2, -0.15) is 0 Å². The third-order valence-corrected chi connectivity index (χ3v) is 2.25. The standard InChI is InChI=1S/C9H16O5/c1-5(10)8(12)7-3-6(11)4-9(2,13)14-7/h1,5-8,10-13H,3-4H2,2H3/t5-,6?,7?,8-,9?/m0/s1. The molecule has 1 aliphatic heterocycles. The van der Waals surface area contributed by atoms with Gasteiger partial charge in [-0.1, -0.05) is 0 Å². The van der Waals surface area contributed by atoms with Crippen molar-refractivity contribution in [1.82, 2.24) is 0 Å². The van der Waals surface area contributed by atoms with Crippen LogP contribution in [0.15, 0.2) is 0 Å². The van der Waals surface area contributed by atoms with Crippen molar-refractivity contribution in [3.8, 4) is 0 Å². The Labute approximate surface area is 82.9 Å². The molecule has 5 heteroatoms. The summed E-state index contributed by atoms with van der Waals surface area (Å²) in [6.45, 7) is 6.45. The second-order valence-corrected chi connectivity index (χ2v) is 3.91. The lowest BCUT2D eigenvalue weighted by Gasteiger charge is -2.39. The van der Waals surface area contributed by atoms with Crippen LogP contribution in [-0.2, 0) is 4.74 Å². The molecule has 1 rings (SSSR count). The smallest absolute Gasteiger partial charge is 0.165 e. The molecule has 1 fully saturated rings. The molecule has 1 heterocycles. The maximum Gasteiger partial charge on any atom is 0.165 e. The Hall–Kier alpha value is -0.200. The van der Waals surface area contributed by atoms with E-state index in [9.17, 15) is 15.3 Å². The van der Waals surface area contributed by atoms with Gasteiger partial charge in [0.05, 0.1) is 18.3 Å². The van der Waals surface area contributed by atoms with Crippen molar-refractivity contribution in [2.24, 2.45) is 0 Å². The molecule has 3 unspecified atom stereocenters. The third-order valence-electron chi connectivity index (χ3n) is 2.25. The highest BCUT2D eigenvalue weighted by Crippen LogP contribution is 2.28. The van der Waals surface area contributed by atoms with Gasteiger partial charge in [0.25, 0.3) is 0 Å². The van der Waals surface area contributed by atoms with Crippen molar-refractivity contribution in [2.75, 3.05) is 0 Å². The Bertz CT molecular complexity index is 192. The summed E-state index contributed by atoms with van der Waals surface area (Å²) in [4.78, 5) is 0. The first-order valence-corrected chi connectivity index (χ1v) is 4.52. The molecular weight excluding hydrogens is 188 g/mol. The number of aliphatic hydroxyl groups is 4. The van der Waals surface area contributed by atoms with Crippen molar-refractivity contribution in [1.29, 1.82) is 0 Å². The molecule has 0 aromatic carbocycles. The van der Waals surface area contributed by atoms with Gasteiger partial charge in [0.1, 0.15) is 6.10 Å². The van der Waals surface area contributed by atoms with Gasteiger partial charge in [0.2, 0.25) is 0 Å². The van der Waals surface area contributed by atoms with Crippen molar-refractivity contribution in [3.63, 3.8) is 0 Å². The van der Waals surface area contributed by atoms with Crippen LogP contribution < -0.4 is 0 Å². The quantitative estimate of drug-likeness (QED) is 0.447. The molecule has 5 nitrogen and oxygen atoms in total. The fourth-order valence-corrected chi connectivity index (χ4v) is 1.64. The van der Waals surface area contributed by atoms with Crippen molar-refractivity contribution < 1.29 is 25.2 Å². The minimum Gasteiger partial charge on any atom is -0.393 e. The van der Waals surface area contributed by atoms with Crippen molar-refractivity contribution in [2.45, 2.75) is 50.0 Å². The van der Waals surface area contributed by atoms with Gasteiger partial charge in [-0.25, -0.2) is 0 Å². The highest BCUT2D eigenvalue weighted by atomic mass is 16.6. The molecule has 14 heavy (non-hydrogen) atoms. The summed E-state index contributed by atoms with van der Waals surface area (Å²) in [5.74, 6) is -1.49. The number of hydrogen-bond donors (Lipinski definition) is 4. The SMILES string of the molecule is [CH][C@H](O)[C@H](O)C1CC(O)CC(C)(O)O1. The monoisotopic (exact) mass is 204 g/mol. The van der Waals surface area contributed by atoms with E-state index in [2.05, 4.69) is 0 Å². The zero-order chi connectivity index (χ0) is 10.9. The molecule has 0 bridgehead atoms. The average molecular weight is 204 g/mol. The molecule has 1 aliphatic rings. The summed E-state index contributed by atoms with van der Waals surface area (Å²) in [5.41, 5.74) is 0. The third kappa shape index (κ3) is 2.90. The summed E-state index contributed by atoms with van der Waals surface area (Å²) in [5, 5.41) is 37.2. The lowest BCUT2D eigenvalue weighted by Crippen LogP contribution is -2.50. The largest absolute Gasteiger partial charge is 0.393 e. The fraction of sp³-hybridized carbons (Fsp3) is 0.889. The lowest BCUT2D eigenvalue weighted by molar-refractivity contribution is -0.281. The molecule has 5 atom stereocenters. The normalized spacial score (nSPS) is 43.3. The summed E-state index contributed by atoms with van der Waals surface area (Å²) in [7, 11) is 0. The Balaban J connectivity index is 2.62. The molecule has 0 aromatic rings. The van der Waals surface area contributed by atoms with E-state index in [1.807, 2.05) is 0 Å². The van der Waals surface area contributed by atoms with E-state index in [-0.39, 0.29) is 12.8 Å². The molecule has 0 aliphatic carbocycles. The van der Waals surface area contributed by atoms with E-state index in [4.69, 9.17) is 16.8 Å². The van der Waals surface area contributed by atoms with Gasteiger partial charge in [0.15, 0.2) is 5.79 Å². The summed E-state index contributed by atoms with van der Waals surface area (Å²) in [6.07, 6.45) is -4.15. The molecule has 0 aromatic heterocycles. The Morgan fingerprint density at radius 1 is 1.50 bits per heavy atom. The van der Waals surface area contributed by atoms with Gasteiger partial charge < -0.3 is 25.2 Å². The number of aliphatic hydroxyl groups excluding tert-OH is 3. The van der Waals surface area contributed by atoms with Gasteiger partial charge in [-0.05, 0) is 13.8 Å². The Morgan fingerprint density at radius 2 is 2.07 bits per heavy atom. The number of rotatable bonds is 2. The summed E-state index contributed by atoms with van der Waals surface area (Å²) in [6, 6.07) is 0. The highest BCUT2D eigenvalue weighted by Gasteiger charge is 2.39. The van der Waals surface area contributed by atoms with Crippen LogP contribution in [0, 0.1) is 6.92 Å². The van der Waals surface area contributed by atoms with Crippen LogP contribution in [0.2, 0.25) is 0 Å². The second kappa shape index (κ2) is 4.12. The van der Waals surface area contributed by atoms with E-state index in [0.717, 1.165) is 0 Å². The Kier molecular flexibility index (Phi) is 3.49. The molecular formula is C9H16O5. The molecule has 82 valence electrons. The number of hydrogen-bond acceptors (Lipinski definition) is 5. The van der Waals surface area contributed by atoms with E-state index in [1.165, 1.54) is 6.92 Å². The maximum atomic E-state index is 9.53. The minimum atomic E-state index is -1.49. The van der Waals surface area contributed by atoms with Crippen LogP contribution in [-0.4, -0.2) is 50.6 Å². The fourth-order valence-electron chi connectivity index (χ4n) is 1.64. The summed E-state index contributed by atoms with van der Waals surface area (Å²) < 4.78 is 5.07. The zero-order valence-electron chi connectivity index (χ0n) is 8.00. The first kappa shape index (κ1) is 11.9. The molecule has 1 saturated heterocycles. The van der Waals surface area contributed by atoms with Crippen molar-refractivity contribution >= 4 is 0 Å². The first-order valence-electron chi connectivity index (χ1n) is 4.52. The topological polar surface area (TPSA) is 90.2 Å². The van der Waals surface area contributed by atoms with E-state index in [1.54, 1.807) is 0 Å². The van der Waals surface area contributed by atoms with Crippen LogP contribution in [0.25, 0.3) is 0 Å². The van der Waals surface area contributed by atoms with Crippen LogP contribution in [0.5, 0.6) is 0 Å². The van der Waals surface area contributed by atoms with Gasteiger partial charge in [-0.3, -0.25) is 0 Å². The summed E-state index contributed by atoms with van der Waals surface area (Å²) >= 11 is 0. The predicted molar refractivity (Wildman–Crippen MR) is 47.1 cm³/mol. The van der Waals surface area contributed by atoms with Crippen LogP contribution in [0.3, 0.4) is 0 Å². The van der Waals surface area contributed by atoms with E-state index >= 15 is 0 Å². The zero-order valence-corrected chi connectivity index (χ0v) is 8.00.